The van der Waals surface area contributed by atoms with Crippen molar-refractivity contribution in [3.63, 3.8) is 0 Å². The maximum atomic E-state index is 13.3. The van der Waals surface area contributed by atoms with Gasteiger partial charge < -0.3 is 10.4 Å². The van der Waals surface area contributed by atoms with Gasteiger partial charge in [0.1, 0.15) is 11.6 Å². The highest BCUT2D eigenvalue weighted by Gasteiger charge is 2.15. The van der Waals surface area contributed by atoms with Gasteiger partial charge in [0.15, 0.2) is 0 Å². The molecule has 1 rings (SSSR count). The van der Waals surface area contributed by atoms with Crippen molar-refractivity contribution in [1.29, 1.82) is 0 Å². The van der Waals surface area contributed by atoms with Crippen LogP contribution < -0.4 is 5.32 Å². The number of nitrogens with one attached hydrogen (secondary N) is 1. The molecule has 1 atom stereocenters. The fourth-order valence-electron chi connectivity index (χ4n) is 1.67. The summed E-state index contributed by atoms with van der Waals surface area (Å²) in [5.41, 5.74) is -0.228. The Morgan fingerprint density at radius 2 is 2.00 bits per heavy atom. The minimum absolute atomic E-state index is 0.0349. The van der Waals surface area contributed by atoms with Crippen LogP contribution >= 0.6 is 0 Å². The average molecular weight is 257 g/mol. The molecule has 0 bridgehead atoms. The number of carbonyl (C=O) groups excluding carboxylic acids is 1. The van der Waals surface area contributed by atoms with Crippen LogP contribution in [0.1, 0.15) is 25.3 Å². The second-order valence-corrected chi connectivity index (χ2v) is 4.06. The van der Waals surface area contributed by atoms with Crippen molar-refractivity contribution in [2.45, 2.75) is 32.2 Å². The van der Waals surface area contributed by atoms with Crippen LogP contribution in [0.3, 0.4) is 0 Å². The molecule has 0 saturated carbocycles. The van der Waals surface area contributed by atoms with E-state index in [1.165, 1.54) is 6.07 Å². The molecule has 0 spiro atoms. The van der Waals surface area contributed by atoms with Crippen LogP contribution in [0.25, 0.3) is 0 Å². The molecule has 3 nitrogen and oxygen atoms in total. The second kappa shape index (κ2) is 7.06. The first-order chi connectivity index (χ1) is 8.58. The first kappa shape index (κ1) is 14.6. The Morgan fingerprint density at radius 3 is 2.50 bits per heavy atom. The van der Waals surface area contributed by atoms with Gasteiger partial charge in [-0.1, -0.05) is 13.0 Å². The number of aliphatic hydroxyl groups is 1. The molecule has 100 valence electrons. The van der Waals surface area contributed by atoms with Crippen LogP contribution in [0.5, 0.6) is 0 Å². The summed E-state index contributed by atoms with van der Waals surface area (Å²) in [7, 11) is 0. The molecular formula is C13H17F2NO2. The van der Waals surface area contributed by atoms with E-state index in [9.17, 15) is 13.6 Å². The van der Waals surface area contributed by atoms with Crippen molar-refractivity contribution in [3.05, 3.63) is 35.4 Å². The molecule has 1 unspecified atom stereocenters. The van der Waals surface area contributed by atoms with Gasteiger partial charge in [-0.05, 0) is 25.0 Å². The first-order valence-electron chi connectivity index (χ1n) is 5.91. The summed E-state index contributed by atoms with van der Waals surface area (Å²) in [4.78, 5) is 11.6. The van der Waals surface area contributed by atoms with Gasteiger partial charge in [-0.2, -0.15) is 0 Å². The van der Waals surface area contributed by atoms with Crippen LogP contribution in [0.15, 0.2) is 18.2 Å². The lowest BCUT2D eigenvalue weighted by atomic mass is 10.1. The number of hydrogen-bond acceptors (Lipinski definition) is 2. The largest absolute Gasteiger partial charge is 0.396 e. The molecule has 1 amide bonds. The molecule has 1 aromatic rings. The molecule has 0 aliphatic rings. The lowest BCUT2D eigenvalue weighted by molar-refractivity contribution is -0.121. The Labute approximate surface area is 105 Å². The van der Waals surface area contributed by atoms with E-state index in [4.69, 9.17) is 5.11 Å². The molecule has 0 fully saturated rings. The fraction of sp³-hybridized carbons (Fsp3) is 0.462. The highest BCUT2D eigenvalue weighted by Crippen LogP contribution is 2.12. The van der Waals surface area contributed by atoms with E-state index in [1.807, 2.05) is 6.92 Å². The summed E-state index contributed by atoms with van der Waals surface area (Å²) in [6.07, 6.45) is 0.758. The van der Waals surface area contributed by atoms with Gasteiger partial charge in [0, 0.05) is 18.2 Å². The van der Waals surface area contributed by atoms with E-state index < -0.39 is 17.5 Å². The predicted molar refractivity (Wildman–Crippen MR) is 64.0 cm³/mol. The summed E-state index contributed by atoms with van der Waals surface area (Å²) < 4.78 is 26.6. The van der Waals surface area contributed by atoms with Gasteiger partial charge in [-0.15, -0.1) is 0 Å². The third-order valence-electron chi connectivity index (χ3n) is 2.73. The Bertz CT molecular complexity index is 390. The zero-order chi connectivity index (χ0) is 13.5. The number of hydrogen-bond donors (Lipinski definition) is 2. The number of benzene rings is 1. The molecule has 0 radical (unpaired) electrons. The monoisotopic (exact) mass is 257 g/mol. The van der Waals surface area contributed by atoms with Gasteiger partial charge in [0.05, 0.1) is 6.42 Å². The third kappa shape index (κ3) is 4.07. The molecule has 0 saturated heterocycles. The molecule has 5 heteroatoms. The van der Waals surface area contributed by atoms with Gasteiger partial charge in [-0.25, -0.2) is 8.78 Å². The normalized spacial score (nSPS) is 12.2. The van der Waals surface area contributed by atoms with Crippen LogP contribution in [-0.4, -0.2) is 23.7 Å². The maximum absolute atomic E-state index is 13.3. The zero-order valence-corrected chi connectivity index (χ0v) is 10.2. The molecule has 0 aliphatic heterocycles. The lowest BCUT2D eigenvalue weighted by Crippen LogP contribution is -2.36. The Balaban J connectivity index is 2.64. The first-order valence-corrected chi connectivity index (χ1v) is 5.91. The summed E-state index contributed by atoms with van der Waals surface area (Å²) in [6, 6.07) is 3.33. The molecule has 1 aromatic carbocycles. The van der Waals surface area contributed by atoms with Crippen molar-refractivity contribution in [1.82, 2.24) is 5.32 Å². The molecular weight excluding hydrogens is 240 g/mol. The standard InChI is InChI=1S/C13H17F2NO2/c1-2-9(6-7-17)16-13(18)8-10-11(14)4-3-5-12(10)15/h3-5,9,17H,2,6-8H2,1H3,(H,16,18). The maximum Gasteiger partial charge on any atom is 0.224 e. The number of aliphatic hydroxyl groups excluding tert-OH is 1. The van der Waals surface area contributed by atoms with Gasteiger partial charge >= 0.3 is 0 Å². The van der Waals surface area contributed by atoms with E-state index in [1.54, 1.807) is 0 Å². The van der Waals surface area contributed by atoms with Crippen molar-refractivity contribution >= 4 is 5.91 Å². The van der Waals surface area contributed by atoms with Crippen LogP contribution in [0, 0.1) is 11.6 Å². The Hall–Kier alpha value is -1.49. The number of halogens is 2. The average Bonchev–Trinajstić information content (AvgIpc) is 2.33. The quantitative estimate of drug-likeness (QED) is 0.816. The lowest BCUT2D eigenvalue weighted by Gasteiger charge is -2.15. The van der Waals surface area contributed by atoms with Gasteiger partial charge in [0.25, 0.3) is 0 Å². The van der Waals surface area contributed by atoms with Crippen LogP contribution in [0.2, 0.25) is 0 Å². The third-order valence-corrected chi connectivity index (χ3v) is 2.73. The molecule has 18 heavy (non-hydrogen) atoms. The summed E-state index contributed by atoms with van der Waals surface area (Å²) in [6.45, 7) is 1.83. The SMILES string of the molecule is CCC(CCO)NC(=O)Cc1c(F)cccc1F. The summed E-state index contributed by atoms with van der Waals surface area (Å²) in [5, 5.41) is 11.4. The van der Waals surface area contributed by atoms with Gasteiger partial charge in [-0.3, -0.25) is 4.79 Å². The number of carbonyl (C=O) groups is 1. The van der Waals surface area contributed by atoms with Crippen molar-refractivity contribution in [3.8, 4) is 0 Å². The van der Waals surface area contributed by atoms with E-state index in [-0.39, 0.29) is 24.6 Å². The molecule has 0 aliphatic carbocycles. The smallest absolute Gasteiger partial charge is 0.224 e. The number of rotatable bonds is 6. The van der Waals surface area contributed by atoms with E-state index in [0.717, 1.165) is 12.1 Å². The van der Waals surface area contributed by atoms with Crippen molar-refractivity contribution < 1.29 is 18.7 Å². The summed E-state index contributed by atoms with van der Waals surface area (Å²) >= 11 is 0. The predicted octanol–water partition coefficient (Wildman–Crippen LogP) is 1.78. The Morgan fingerprint density at radius 1 is 1.39 bits per heavy atom. The minimum Gasteiger partial charge on any atom is -0.396 e. The molecule has 0 aromatic heterocycles. The fourth-order valence-corrected chi connectivity index (χ4v) is 1.67. The van der Waals surface area contributed by atoms with E-state index in [0.29, 0.717) is 12.8 Å². The number of amides is 1. The Kier molecular flexibility index (Phi) is 5.71. The van der Waals surface area contributed by atoms with E-state index >= 15 is 0 Å². The second-order valence-electron chi connectivity index (χ2n) is 4.06. The molecule has 2 N–H and O–H groups in total. The van der Waals surface area contributed by atoms with Crippen LogP contribution in [0.4, 0.5) is 8.78 Å². The summed E-state index contributed by atoms with van der Waals surface area (Å²) in [5.74, 6) is -1.89. The van der Waals surface area contributed by atoms with Gasteiger partial charge in [0.2, 0.25) is 5.91 Å². The highest BCUT2D eigenvalue weighted by atomic mass is 19.1. The minimum atomic E-state index is -0.722. The topological polar surface area (TPSA) is 49.3 Å². The van der Waals surface area contributed by atoms with Crippen molar-refractivity contribution in [2.75, 3.05) is 6.61 Å². The zero-order valence-electron chi connectivity index (χ0n) is 10.2. The van der Waals surface area contributed by atoms with E-state index in [2.05, 4.69) is 5.32 Å². The highest BCUT2D eigenvalue weighted by molar-refractivity contribution is 5.78. The van der Waals surface area contributed by atoms with Crippen molar-refractivity contribution in [2.24, 2.45) is 0 Å². The van der Waals surface area contributed by atoms with Crippen LogP contribution in [-0.2, 0) is 11.2 Å². The molecule has 0 heterocycles.